The summed E-state index contributed by atoms with van der Waals surface area (Å²) in [7, 11) is 0.346. The zero-order valence-electron chi connectivity index (χ0n) is 13.0. The molecule has 3 atom stereocenters. The molecular weight excluding hydrogens is 288 g/mol. The molecule has 0 bridgehead atoms. The van der Waals surface area contributed by atoms with Gasteiger partial charge >= 0.3 is 0 Å². The predicted octanol–water partition coefficient (Wildman–Crippen LogP) is 1.51. The highest BCUT2D eigenvalue weighted by Gasteiger charge is 2.29. The maximum absolute atomic E-state index is 12.3. The molecule has 1 heterocycles. The minimum atomic E-state index is -1.48. The third-order valence-electron chi connectivity index (χ3n) is 4.26. The molecule has 0 saturated heterocycles. The molecule has 1 saturated carbocycles. The first kappa shape index (κ1) is 16.1. The van der Waals surface area contributed by atoms with E-state index in [4.69, 9.17) is 0 Å². The summed E-state index contributed by atoms with van der Waals surface area (Å²) in [5.41, 5.74) is 0. The molecule has 0 aromatic carbocycles. The van der Waals surface area contributed by atoms with Gasteiger partial charge in [-0.3, -0.25) is 14.1 Å². The van der Waals surface area contributed by atoms with Crippen LogP contribution in [0.4, 0.5) is 0 Å². The minimum absolute atomic E-state index is 0.0409. The van der Waals surface area contributed by atoms with Gasteiger partial charge in [0, 0.05) is 19.5 Å². The predicted molar refractivity (Wildman–Crippen MR) is 81.2 cm³/mol. The van der Waals surface area contributed by atoms with Gasteiger partial charge in [0.2, 0.25) is 11.1 Å². The zero-order chi connectivity index (χ0) is 15.4. The molecule has 2 rings (SSSR count). The standard InChI is InChI=1S/C14H24N4O2S/c1-4-12-15-14(17-16-12)21(20)9-13(19)18(3)11-8-6-5-7-10(11)2/h10-11H,4-9H2,1-3H3,(H,15,16,17)/t10-,11+,21-/m0/s1. The molecule has 6 nitrogen and oxygen atoms in total. The lowest BCUT2D eigenvalue weighted by atomic mass is 9.85. The Labute approximate surface area is 128 Å². The smallest absolute Gasteiger partial charge is 0.239 e. The molecule has 118 valence electrons. The van der Waals surface area contributed by atoms with Crippen LogP contribution in [0.1, 0.15) is 45.4 Å². The Kier molecular flexibility index (Phi) is 5.50. The van der Waals surface area contributed by atoms with Crippen molar-refractivity contribution < 1.29 is 9.00 Å². The number of carbonyl (C=O) groups excluding carboxylic acids is 1. The molecular formula is C14H24N4O2S. The number of aryl methyl sites for hydroxylation is 1. The van der Waals surface area contributed by atoms with Crippen LogP contribution in [-0.4, -0.2) is 49.0 Å². The number of hydrogen-bond acceptors (Lipinski definition) is 4. The van der Waals surface area contributed by atoms with Crippen LogP contribution >= 0.6 is 0 Å². The summed E-state index contributed by atoms with van der Waals surface area (Å²) in [6.07, 6.45) is 5.31. The average molecular weight is 312 g/mol. The van der Waals surface area contributed by atoms with Crippen molar-refractivity contribution in [2.75, 3.05) is 12.8 Å². The van der Waals surface area contributed by atoms with Crippen LogP contribution < -0.4 is 0 Å². The van der Waals surface area contributed by atoms with Crippen molar-refractivity contribution >= 4 is 16.7 Å². The number of nitrogens with one attached hydrogen (secondary N) is 1. The van der Waals surface area contributed by atoms with Crippen LogP contribution in [0.25, 0.3) is 0 Å². The molecule has 0 unspecified atom stereocenters. The van der Waals surface area contributed by atoms with Gasteiger partial charge in [0.25, 0.3) is 0 Å². The van der Waals surface area contributed by atoms with Crippen molar-refractivity contribution in [3.63, 3.8) is 0 Å². The number of aromatic nitrogens is 3. The van der Waals surface area contributed by atoms with Crippen LogP contribution in [0.15, 0.2) is 5.16 Å². The number of H-pyrrole nitrogens is 1. The van der Waals surface area contributed by atoms with Crippen LogP contribution in [0, 0.1) is 5.92 Å². The Balaban J connectivity index is 1.95. The fraction of sp³-hybridized carbons (Fsp3) is 0.786. The second kappa shape index (κ2) is 7.15. The molecule has 7 heteroatoms. The van der Waals surface area contributed by atoms with Gasteiger partial charge < -0.3 is 4.90 Å². The van der Waals surface area contributed by atoms with Crippen molar-refractivity contribution in [1.29, 1.82) is 0 Å². The Bertz CT molecular complexity index is 517. The van der Waals surface area contributed by atoms with E-state index in [2.05, 4.69) is 22.1 Å². The second-order valence-electron chi connectivity index (χ2n) is 5.74. The topological polar surface area (TPSA) is 79.0 Å². The van der Waals surface area contributed by atoms with E-state index in [0.29, 0.717) is 18.2 Å². The number of aromatic amines is 1. The number of carbonyl (C=O) groups is 1. The third kappa shape index (κ3) is 3.90. The van der Waals surface area contributed by atoms with Crippen LogP contribution in [-0.2, 0) is 22.0 Å². The summed E-state index contributed by atoms with van der Waals surface area (Å²) in [6.45, 7) is 4.13. The van der Waals surface area contributed by atoms with Gasteiger partial charge in [-0.1, -0.05) is 26.7 Å². The van der Waals surface area contributed by atoms with E-state index >= 15 is 0 Å². The van der Waals surface area contributed by atoms with E-state index in [1.54, 1.807) is 4.90 Å². The normalized spacial score (nSPS) is 23.8. The molecule has 1 N–H and O–H groups in total. The lowest BCUT2D eigenvalue weighted by Gasteiger charge is -2.36. The summed E-state index contributed by atoms with van der Waals surface area (Å²) in [5, 5.41) is 6.88. The maximum atomic E-state index is 12.3. The first-order valence-electron chi connectivity index (χ1n) is 7.58. The summed E-state index contributed by atoms with van der Waals surface area (Å²) < 4.78 is 12.2. The number of nitrogens with zero attached hydrogens (tertiary/aromatic N) is 3. The van der Waals surface area contributed by atoms with Gasteiger partial charge in [0.1, 0.15) is 22.4 Å². The molecule has 0 spiro atoms. The molecule has 1 aromatic rings. The van der Waals surface area contributed by atoms with Gasteiger partial charge in [0.15, 0.2) is 0 Å². The van der Waals surface area contributed by atoms with Gasteiger partial charge in [-0.05, 0) is 18.8 Å². The van der Waals surface area contributed by atoms with Crippen molar-refractivity contribution in [3.05, 3.63) is 5.82 Å². The second-order valence-corrected chi connectivity index (χ2v) is 7.09. The highest BCUT2D eigenvalue weighted by molar-refractivity contribution is 7.85. The SMILES string of the molecule is CCc1nc([S@@](=O)CC(=O)N(C)[C@@H]2CCCC[C@@H]2C)n[nH]1. The molecule has 1 aliphatic carbocycles. The molecule has 1 aliphatic rings. The van der Waals surface area contributed by atoms with Crippen LogP contribution in [0.2, 0.25) is 0 Å². The number of hydrogen-bond donors (Lipinski definition) is 1. The van der Waals surface area contributed by atoms with Crippen molar-refractivity contribution in [1.82, 2.24) is 20.1 Å². The number of amides is 1. The summed E-state index contributed by atoms with van der Waals surface area (Å²) in [4.78, 5) is 18.2. The van der Waals surface area contributed by atoms with Gasteiger partial charge in [-0.15, -0.1) is 5.10 Å². The molecule has 0 radical (unpaired) electrons. The van der Waals surface area contributed by atoms with Gasteiger partial charge in [0.05, 0.1) is 0 Å². The van der Waals surface area contributed by atoms with Crippen molar-refractivity contribution in [2.45, 2.75) is 57.1 Å². The fourth-order valence-electron chi connectivity index (χ4n) is 2.87. The van der Waals surface area contributed by atoms with E-state index in [0.717, 1.165) is 19.3 Å². The van der Waals surface area contributed by atoms with Crippen molar-refractivity contribution in [2.24, 2.45) is 5.92 Å². The van der Waals surface area contributed by atoms with E-state index < -0.39 is 10.8 Å². The molecule has 1 fully saturated rings. The highest BCUT2D eigenvalue weighted by atomic mass is 32.2. The third-order valence-corrected chi connectivity index (χ3v) is 5.36. The molecule has 1 aromatic heterocycles. The molecule has 21 heavy (non-hydrogen) atoms. The minimum Gasteiger partial charge on any atom is -0.342 e. The van der Waals surface area contributed by atoms with Gasteiger partial charge in [-0.2, -0.15) is 0 Å². The first-order valence-corrected chi connectivity index (χ1v) is 8.90. The quantitative estimate of drug-likeness (QED) is 0.894. The Morgan fingerprint density at radius 3 is 2.76 bits per heavy atom. The molecule has 0 aliphatic heterocycles. The van der Waals surface area contributed by atoms with Crippen LogP contribution in [0.3, 0.4) is 0 Å². The van der Waals surface area contributed by atoms with E-state index in [1.807, 2.05) is 14.0 Å². The Morgan fingerprint density at radius 2 is 2.14 bits per heavy atom. The highest BCUT2D eigenvalue weighted by Crippen LogP contribution is 2.27. The summed E-state index contributed by atoms with van der Waals surface area (Å²) >= 11 is 0. The zero-order valence-corrected chi connectivity index (χ0v) is 13.8. The van der Waals surface area contributed by atoms with Gasteiger partial charge in [-0.25, -0.2) is 4.98 Å². The molecule has 1 amide bonds. The lowest BCUT2D eigenvalue weighted by molar-refractivity contribution is -0.130. The van der Waals surface area contributed by atoms with E-state index in [1.165, 1.54) is 6.42 Å². The monoisotopic (exact) mass is 312 g/mol. The Morgan fingerprint density at radius 1 is 1.43 bits per heavy atom. The fourth-order valence-corrected chi connectivity index (χ4v) is 3.79. The van der Waals surface area contributed by atoms with Crippen LogP contribution in [0.5, 0.6) is 0 Å². The largest absolute Gasteiger partial charge is 0.342 e. The average Bonchev–Trinajstić information content (AvgIpc) is 2.96. The van der Waals surface area contributed by atoms with E-state index in [9.17, 15) is 9.00 Å². The first-order chi connectivity index (χ1) is 10.0. The summed E-state index contributed by atoms with van der Waals surface area (Å²) in [5.74, 6) is 1.08. The number of rotatable bonds is 5. The van der Waals surface area contributed by atoms with Crippen molar-refractivity contribution in [3.8, 4) is 0 Å². The summed E-state index contributed by atoms with van der Waals surface area (Å²) in [6, 6.07) is 0.265. The lowest BCUT2D eigenvalue weighted by Crippen LogP contribution is -2.44. The van der Waals surface area contributed by atoms with E-state index in [-0.39, 0.29) is 22.9 Å². The Hall–Kier alpha value is -1.24. The maximum Gasteiger partial charge on any atom is 0.239 e.